The smallest absolute Gasteiger partial charge is 0.267 e. The molecule has 150 valence electrons. The van der Waals surface area contributed by atoms with E-state index in [1.165, 1.54) is 5.01 Å². The fourth-order valence-electron chi connectivity index (χ4n) is 2.90. The van der Waals surface area contributed by atoms with E-state index in [1.807, 2.05) is 31.2 Å². The normalized spacial score (nSPS) is 15.6. The van der Waals surface area contributed by atoms with Crippen LogP contribution in [0.2, 0.25) is 0 Å². The first kappa shape index (κ1) is 20.0. The van der Waals surface area contributed by atoms with Crippen molar-refractivity contribution in [2.24, 2.45) is 10.8 Å². The molecule has 29 heavy (non-hydrogen) atoms. The average molecular weight is 394 g/mol. The van der Waals surface area contributed by atoms with Crippen molar-refractivity contribution in [3.63, 3.8) is 0 Å². The van der Waals surface area contributed by atoms with Crippen molar-refractivity contribution in [3.8, 4) is 0 Å². The number of hydrogen-bond acceptors (Lipinski definition) is 6. The lowest BCUT2D eigenvalue weighted by atomic mass is 10.1. The maximum absolute atomic E-state index is 12.4. The van der Waals surface area contributed by atoms with Crippen molar-refractivity contribution in [2.75, 3.05) is 16.9 Å². The number of pyridine rings is 1. The van der Waals surface area contributed by atoms with Crippen LogP contribution >= 0.6 is 0 Å². The van der Waals surface area contributed by atoms with E-state index >= 15 is 0 Å². The Morgan fingerprint density at radius 1 is 1.14 bits per heavy atom. The van der Waals surface area contributed by atoms with Crippen LogP contribution < -0.4 is 21.4 Å². The summed E-state index contributed by atoms with van der Waals surface area (Å²) in [5, 5.41) is 11.0. The number of amides is 3. The Kier molecular flexibility index (Phi) is 6.18. The molecule has 0 spiro atoms. The van der Waals surface area contributed by atoms with Gasteiger partial charge < -0.3 is 16.4 Å². The number of hydrazone groups is 1. The van der Waals surface area contributed by atoms with Gasteiger partial charge >= 0.3 is 0 Å². The lowest BCUT2D eigenvalue weighted by molar-refractivity contribution is -0.119. The van der Waals surface area contributed by atoms with Crippen LogP contribution in [0, 0.1) is 6.92 Å². The molecule has 0 saturated heterocycles. The number of hydrogen-bond donors (Lipinski definition) is 3. The third-order valence-corrected chi connectivity index (χ3v) is 4.32. The topological polar surface area (TPSA) is 130 Å². The molecular weight excluding hydrogens is 372 g/mol. The van der Waals surface area contributed by atoms with Crippen LogP contribution in [0.4, 0.5) is 11.5 Å². The summed E-state index contributed by atoms with van der Waals surface area (Å²) in [4.78, 5) is 40.4. The molecule has 0 unspecified atom stereocenters. The number of nitrogens with two attached hydrogens (primary N) is 1. The van der Waals surface area contributed by atoms with Gasteiger partial charge in [0.25, 0.3) is 5.91 Å². The highest BCUT2D eigenvalue weighted by Crippen LogP contribution is 2.24. The first-order valence-electron chi connectivity index (χ1n) is 9.17. The second kappa shape index (κ2) is 8.96. The van der Waals surface area contributed by atoms with Crippen LogP contribution in [-0.4, -0.2) is 41.0 Å². The standard InChI is InChI=1S/C20H22N6O3/c1-13-6-5-9-17(23-13)24-18(27)10-11-22-20(29)15-12-16(19(21)28)26(25-15)14-7-3-2-4-8-14/h2-9,16H,10-12H2,1H3,(H2,21,28)(H,22,29)(H,23,24,27)/t16-/m1/s1. The Bertz CT molecular complexity index is 944. The average Bonchev–Trinajstić information content (AvgIpc) is 3.14. The van der Waals surface area contributed by atoms with Crippen LogP contribution in [-0.2, 0) is 14.4 Å². The molecule has 1 aromatic heterocycles. The van der Waals surface area contributed by atoms with Crippen LogP contribution in [0.5, 0.6) is 0 Å². The highest BCUT2D eigenvalue weighted by molar-refractivity contribution is 6.40. The predicted octanol–water partition coefficient (Wildman–Crippen LogP) is 0.955. The maximum Gasteiger partial charge on any atom is 0.267 e. The molecular formula is C20H22N6O3. The number of nitrogens with zero attached hydrogens (tertiary/aromatic N) is 3. The van der Waals surface area contributed by atoms with E-state index in [2.05, 4.69) is 20.7 Å². The van der Waals surface area contributed by atoms with Crippen LogP contribution in [0.1, 0.15) is 18.5 Å². The van der Waals surface area contributed by atoms with Gasteiger partial charge in [0.1, 0.15) is 17.6 Å². The molecule has 0 fully saturated rings. The summed E-state index contributed by atoms with van der Waals surface area (Å²) in [6.07, 6.45) is 0.186. The first-order valence-corrected chi connectivity index (χ1v) is 9.17. The fraction of sp³-hybridized carbons (Fsp3) is 0.250. The largest absolute Gasteiger partial charge is 0.368 e. The summed E-state index contributed by atoms with van der Waals surface area (Å²) in [5.41, 5.74) is 7.12. The number of aryl methyl sites for hydroxylation is 1. The summed E-state index contributed by atoms with van der Waals surface area (Å²) in [6.45, 7) is 1.96. The monoisotopic (exact) mass is 394 g/mol. The fourth-order valence-corrected chi connectivity index (χ4v) is 2.90. The van der Waals surface area contributed by atoms with Crippen molar-refractivity contribution in [2.45, 2.75) is 25.8 Å². The van der Waals surface area contributed by atoms with E-state index in [0.29, 0.717) is 11.5 Å². The molecule has 0 saturated carbocycles. The van der Waals surface area contributed by atoms with Crippen molar-refractivity contribution in [1.29, 1.82) is 0 Å². The molecule has 1 aliphatic rings. The summed E-state index contributed by atoms with van der Waals surface area (Å²) in [6, 6.07) is 13.6. The lowest BCUT2D eigenvalue weighted by Gasteiger charge is -2.20. The number of rotatable bonds is 7. The quantitative estimate of drug-likeness (QED) is 0.644. The van der Waals surface area contributed by atoms with Crippen LogP contribution in [0.3, 0.4) is 0 Å². The molecule has 0 radical (unpaired) electrons. The van der Waals surface area contributed by atoms with Crippen LogP contribution in [0.25, 0.3) is 0 Å². The first-order chi connectivity index (χ1) is 13.9. The highest BCUT2D eigenvalue weighted by Gasteiger charge is 2.34. The molecule has 3 amide bonds. The predicted molar refractivity (Wildman–Crippen MR) is 109 cm³/mol. The Labute approximate surface area is 168 Å². The Balaban J connectivity index is 1.55. The van der Waals surface area contributed by atoms with Gasteiger partial charge in [0.05, 0.1) is 5.69 Å². The number of carbonyl (C=O) groups is 3. The minimum absolute atomic E-state index is 0.0797. The van der Waals surface area contributed by atoms with E-state index < -0.39 is 17.9 Å². The van der Waals surface area contributed by atoms with Gasteiger partial charge in [-0.05, 0) is 31.2 Å². The molecule has 9 heteroatoms. The second-order valence-corrected chi connectivity index (χ2v) is 6.57. The number of aromatic nitrogens is 1. The van der Waals surface area contributed by atoms with Gasteiger partial charge in [-0.2, -0.15) is 5.10 Å². The Morgan fingerprint density at radius 2 is 1.90 bits per heavy atom. The van der Waals surface area contributed by atoms with Crippen LogP contribution in [0.15, 0.2) is 53.6 Å². The van der Waals surface area contributed by atoms with Crippen molar-refractivity contribution in [1.82, 2.24) is 10.3 Å². The van der Waals surface area contributed by atoms with Crippen molar-refractivity contribution >= 4 is 34.9 Å². The molecule has 9 nitrogen and oxygen atoms in total. The van der Waals surface area contributed by atoms with Gasteiger partial charge in [0.2, 0.25) is 11.8 Å². The molecule has 0 bridgehead atoms. The molecule has 1 atom stereocenters. The SMILES string of the molecule is Cc1cccc(NC(=O)CCNC(=O)C2=NN(c3ccccc3)[C@@H](C(N)=O)C2)n1. The van der Waals surface area contributed by atoms with Gasteiger partial charge in [0, 0.05) is 25.1 Å². The Morgan fingerprint density at radius 3 is 2.59 bits per heavy atom. The van der Waals surface area contributed by atoms with Crippen molar-refractivity contribution < 1.29 is 14.4 Å². The van der Waals surface area contributed by atoms with Gasteiger partial charge in [-0.15, -0.1) is 0 Å². The third-order valence-electron chi connectivity index (χ3n) is 4.32. The van der Waals surface area contributed by atoms with Gasteiger partial charge in [-0.3, -0.25) is 19.4 Å². The minimum Gasteiger partial charge on any atom is -0.368 e. The maximum atomic E-state index is 12.4. The molecule has 1 aliphatic heterocycles. The number of nitrogens with one attached hydrogen (secondary N) is 2. The zero-order valence-electron chi connectivity index (χ0n) is 16.0. The van der Waals surface area contributed by atoms with Gasteiger partial charge in [-0.25, -0.2) is 4.98 Å². The van der Waals surface area contributed by atoms with E-state index in [1.54, 1.807) is 24.3 Å². The number of carbonyl (C=O) groups excluding carboxylic acids is 3. The number of benzene rings is 1. The van der Waals surface area contributed by atoms with Gasteiger partial charge in [-0.1, -0.05) is 24.3 Å². The lowest BCUT2D eigenvalue weighted by Crippen LogP contribution is -2.40. The van der Waals surface area contributed by atoms with E-state index in [9.17, 15) is 14.4 Å². The zero-order valence-corrected chi connectivity index (χ0v) is 16.0. The zero-order chi connectivity index (χ0) is 20.8. The van der Waals surface area contributed by atoms with E-state index in [-0.39, 0.29) is 31.0 Å². The van der Waals surface area contributed by atoms with E-state index in [4.69, 9.17) is 5.73 Å². The summed E-state index contributed by atoms with van der Waals surface area (Å²) in [7, 11) is 0. The molecule has 3 rings (SSSR count). The van der Waals surface area contributed by atoms with E-state index in [0.717, 1.165) is 5.69 Å². The summed E-state index contributed by atoms with van der Waals surface area (Å²) >= 11 is 0. The van der Waals surface area contributed by atoms with Crippen molar-refractivity contribution in [3.05, 3.63) is 54.2 Å². The molecule has 2 heterocycles. The summed E-state index contributed by atoms with van der Waals surface area (Å²) in [5.74, 6) is -0.802. The number of primary amides is 1. The second-order valence-electron chi connectivity index (χ2n) is 6.57. The third kappa shape index (κ3) is 5.16. The molecule has 0 aliphatic carbocycles. The Hall–Kier alpha value is -3.75. The minimum atomic E-state index is -0.728. The highest BCUT2D eigenvalue weighted by atomic mass is 16.2. The molecule has 1 aromatic carbocycles. The molecule has 4 N–H and O–H groups in total. The number of anilines is 2. The number of para-hydroxylation sites is 1. The molecule has 2 aromatic rings. The summed E-state index contributed by atoms with van der Waals surface area (Å²) < 4.78 is 0. The van der Waals surface area contributed by atoms with Gasteiger partial charge in [0.15, 0.2) is 0 Å².